The summed E-state index contributed by atoms with van der Waals surface area (Å²) in [5.41, 5.74) is 6.13. The number of aryl methyl sites for hydroxylation is 1. The Morgan fingerprint density at radius 2 is 1.82 bits per heavy atom. The molecule has 6 heteroatoms. The summed E-state index contributed by atoms with van der Waals surface area (Å²) in [5.74, 6) is 0.315. The highest BCUT2D eigenvalue weighted by Gasteiger charge is 2.27. The summed E-state index contributed by atoms with van der Waals surface area (Å²) >= 11 is 0. The number of carbonyl (C=O) groups is 2. The molecule has 194 valence electrons. The lowest BCUT2D eigenvalue weighted by atomic mass is 9.88. The predicted octanol–water partition coefficient (Wildman–Crippen LogP) is 6.84. The van der Waals surface area contributed by atoms with E-state index in [4.69, 9.17) is 4.74 Å². The number of imidazole rings is 1. The van der Waals surface area contributed by atoms with E-state index in [2.05, 4.69) is 16.0 Å². The average molecular weight is 509 g/mol. The predicted molar refractivity (Wildman–Crippen MR) is 152 cm³/mol. The van der Waals surface area contributed by atoms with E-state index in [0.29, 0.717) is 5.69 Å². The highest BCUT2D eigenvalue weighted by molar-refractivity contribution is 5.95. The van der Waals surface area contributed by atoms with Gasteiger partial charge in [0.25, 0.3) is 0 Å². The van der Waals surface area contributed by atoms with E-state index < -0.39 is 12.5 Å². The Bertz CT molecular complexity index is 1500. The van der Waals surface area contributed by atoms with Crippen molar-refractivity contribution < 1.29 is 15.7 Å². The van der Waals surface area contributed by atoms with Crippen molar-refractivity contribution in [1.82, 2.24) is 9.97 Å². The van der Waals surface area contributed by atoms with Gasteiger partial charge in [-0.05, 0) is 72.4 Å². The second-order valence-corrected chi connectivity index (χ2v) is 9.80. The lowest BCUT2D eigenvalue weighted by Gasteiger charge is -2.30. The molecule has 1 fully saturated rings. The van der Waals surface area contributed by atoms with Crippen LogP contribution in [0.2, 0.25) is 0 Å². The molecule has 4 aromatic rings. The van der Waals surface area contributed by atoms with Crippen molar-refractivity contribution in [3.8, 4) is 11.1 Å². The van der Waals surface area contributed by atoms with E-state index in [9.17, 15) is 11.0 Å². The number of esters is 1. The van der Waals surface area contributed by atoms with Crippen molar-refractivity contribution in [3.05, 3.63) is 89.8 Å². The molecule has 3 aromatic carbocycles. The van der Waals surface area contributed by atoms with Gasteiger partial charge in [0.1, 0.15) is 5.82 Å². The highest BCUT2D eigenvalue weighted by atomic mass is 16.5. The standard InChI is InChI=1S/C32H33N3O3/c1-22-33-29-17-16-27(20-30(29)34-22)25-14-11-24(12-15-25)21-35(32(37)26-8-4-3-5-9-26)28-10-6-7-23(19-28)13-18-31(36)38-2/h6-7,10-20,26H,3-5,8-9,21H2,1-2H3,(H,33,34)/b18-13+/i21D. The molecule has 1 saturated carbocycles. The molecule has 0 aliphatic heterocycles. The molecule has 5 rings (SSSR count). The minimum atomic E-state index is -0.911. The Morgan fingerprint density at radius 3 is 2.58 bits per heavy atom. The molecular formula is C32H33N3O3. The number of rotatable bonds is 7. The van der Waals surface area contributed by atoms with Gasteiger partial charge < -0.3 is 14.6 Å². The fourth-order valence-electron chi connectivity index (χ4n) is 5.05. The Labute approximate surface area is 224 Å². The number of ether oxygens (including phenoxy) is 1. The molecule has 1 aliphatic carbocycles. The molecule has 0 spiro atoms. The summed E-state index contributed by atoms with van der Waals surface area (Å²) in [5, 5.41) is 0. The number of anilines is 1. The highest BCUT2D eigenvalue weighted by Crippen LogP contribution is 2.30. The first kappa shape index (κ1) is 24.2. The van der Waals surface area contributed by atoms with Gasteiger partial charge in [-0.25, -0.2) is 9.78 Å². The zero-order chi connectivity index (χ0) is 27.4. The number of nitrogens with zero attached hydrogens (tertiary/aromatic N) is 2. The van der Waals surface area contributed by atoms with Crippen LogP contribution in [0.3, 0.4) is 0 Å². The normalized spacial score (nSPS) is 15.4. The van der Waals surface area contributed by atoms with E-state index in [1.54, 1.807) is 11.0 Å². The summed E-state index contributed by atoms with van der Waals surface area (Å²) < 4.78 is 13.9. The first-order valence-corrected chi connectivity index (χ1v) is 13.1. The molecule has 1 heterocycles. The molecule has 0 radical (unpaired) electrons. The maximum Gasteiger partial charge on any atom is 0.330 e. The topological polar surface area (TPSA) is 75.3 Å². The number of fused-ring (bicyclic) bond motifs is 1. The minimum absolute atomic E-state index is 0.0204. The van der Waals surface area contributed by atoms with Crippen LogP contribution in [0, 0.1) is 12.8 Å². The van der Waals surface area contributed by atoms with E-state index in [-0.39, 0.29) is 11.8 Å². The Morgan fingerprint density at radius 1 is 1.05 bits per heavy atom. The number of carbonyl (C=O) groups excluding carboxylic acids is 2. The van der Waals surface area contributed by atoms with Crippen LogP contribution in [0.5, 0.6) is 0 Å². The largest absolute Gasteiger partial charge is 0.466 e. The van der Waals surface area contributed by atoms with Gasteiger partial charge in [-0.2, -0.15) is 0 Å². The number of aromatic amines is 1. The number of hydrogen-bond acceptors (Lipinski definition) is 4. The Kier molecular flexibility index (Phi) is 7.29. The van der Waals surface area contributed by atoms with Crippen LogP contribution in [0.1, 0.15) is 50.4 Å². The first-order valence-electron chi connectivity index (χ1n) is 13.7. The molecule has 1 atom stereocenters. The fourth-order valence-corrected chi connectivity index (χ4v) is 5.05. The van der Waals surface area contributed by atoms with Crippen LogP contribution in [-0.4, -0.2) is 29.0 Å². The number of amides is 1. The summed E-state index contributed by atoms with van der Waals surface area (Å²) in [6, 6.07) is 21.4. The van der Waals surface area contributed by atoms with Crippen LogP contribution in [-0.2, 0) is 20.8 Å². The second kappa shape index (κ2) is 11.5. The van der Waals surface area contributed by atoms with Gasteiger partial charge >= 0.3 is 5.97 Å². The summed E-state index contributed by atoms with van der Waals surface area (Å²) in [6.45, 7) is 1.03. The summed E-state index contributed by atoms with van der Waals surface area (Å²) in [4.78, 5) is 34.8. The van der Waals surface area contributed by atoms with E-state index in [1.807, 2.05) is 67.6 Å². The Balaban J connectivity index is 1.45. The number of hydrogen-bond donors (Lipinski definition) is 1. The number of H-pyrrole nitrogens is 1. The second-order valence-electron chi connectivity index (χ2n) is 9.80. The molecule has 38 heavy (non-hydrogen) atoms. The maximum atomic E-state index is 13.9. The number of benzene rings is 3. The van der Waals surface area contributed by atoms with Crippen molar-refractivity contribution in [2.75, 3.05) is 12.0 Å². The lowest BCUT2D eigenvalue weighted by Crippen LogP contribution is -2.36. The third-order valence-electron chi connectivity index (χ3n) is 7.08. The van der Waals surface area contributed by atoms with Gasteiger partial charge in [0.05, 0.1) is 26.0 Å². The van der Waals surface area contributed by atoms with Crippen LogP contribution in [0.15, 0.2) is 72.8 Å². The molecule has 1 amide bonds. The maximum absolute atomic E-state index is 13.9. The number of aromatic nitrogens is 2. The molecule has 0 bridgehead atoms. The zero-order valence-electron chi connectivity index (χ0n) is 22.8. The molecule has 1 N–H and O–H groups in total. The molecule has 1 unspecified atom stereocenters. The third-order valence-corrected chi connectivity index (χ3v) is 7.08. The van der Waals surface area contributed by atoms with E-state index in [1.165, 1.54) is 13.2 Å². The molecular weight excluding hydrogens is 474 g/mol. The van der Waals surface area contributed by atoms with Gasteiger partial charge in [-0.3, -0.25) is 4.79 Å². The monoisotopic (exact) mass is 508 g/mol. The van der Waals surface area contributed by atoms with Gasteiger partial charge in [0, 0.05) is 17.7 Å². The zero-order valence-corrected chi connectivity index (χ0v) is 21.8. The molecule has 1 aliphatic rings. The third kappa shape index (κ3) is 5.86. The van der Waals surface area contributed by atoms with Crippen molar-refractivity contribution in [2.45, 2.75) is 45.5 Å². The smallest absolute Gasteiger partial charge is 0.330 e. The van der Waals surface area contributed by atoms with Crippen LogP contribution in [0.25, 0.3) is 28.2 Å². The van der Waals surface area contributed by atoms with Crippen LogP contribution < -0.4 is 4.90 Å². The van der Waals surface area contributed by atoms with Gasteiger partial charge in [0.2, 0.25) is 5.91 Å². The van der Waals surface area contributed by atoms with E-state index in [0.717, 1.165) is 71.2 Å². The van der Waals surface area contributed by atoms with Crippen molar-refractivity contribution >= 4 is 34.7 Å². The number of nitrogens with one attached hydrogen (secondary N) is 1. The fraction of sp³-hybridized carbons (Fsp3) is 0.281. The van der Waals surface area contributed by atoms with Crippen LogP contribution in [0.4, 0.5) is 5.69 Å². The van der Waals surface area contributed by atoms with Gasteiger partial charge in [0.15, 0.2) is 0 Å². The lowest BCUT2D eigenvalue weighted by molar-refractivity contribution is -0.134. The summed E-state index contributed by atoms with van der Waals surface area (Å²) in [7, 11) is 1.33. The van der Waals surface area contributed by atoms with Crippen LogP contribution >= 0.6 is 0 Å². The van der Waals surface area contributed by atoms with Crippen molar-refractivity contribution in [3.63, 3.8) is 0 Å². The van der Waals surface area contributed by atoms with Gasteiger partial charge in [-0.1, -0.05) is 61.7 Å². The molecule has 0 saturated heterocycles. The molecule has 1 aromatic heterocycles. The number of methoxy groups -OCH3 is 1. The van der Waals surface area contributed by atoms with E-state index >= 15 is 0 Å². The SMILES string of the molecule is [2H]C(c1ccc(-c2ccc3nc(C)[nH]c3c2)cc1)N(C(=O)C1CCCCC1)c1cccc(/C=C/C(=O)OC)c1. The summed E-state index contributed by atoms with van der Waals surface area (Å²) in [6.07, 6.45) is 7.91. The van der Waals surface area contributed by atoms with Gasteiger partial charge in [-0.15, -0.1) is 0 Å². The quantitative estimate of drug-likeness (QED) is 0.219. The average Bonchev–Trinajstić information content (AvgIpc) is 3.36. The Hall–Kier alpha value is -4.19. The van der Waals surface area contributed by atoms with Crippen molar-refractivity contribution in [2.24, 2.45) is 5.92 Å². The first-order chi connectivity index (χ1) is 18.9. The minimum Gasteiger partial charge on any atom is -0.466 e. The van der Waals surface area contributed by atoms with Crippen molar-refractivity contribution in [1.29, 1.82) is 0 Å². The molecule has 6 nitrogen and oxygen atoms in total.